The molecule has 0 aromatic carbocycles. The highest BCUT2D eigenvalue weighted by molar-refractivity contribution is 4.81. The molecule has 2 heteroatoms. The van der Waals surface area contributed by atoms with E-state index in [0.29, 0.717) is 5.92 Å². The van der Waals surface area contributed by atoms with Crippen LogP contribution < -0.4 is 5.32 Å². The van der Waals surface area contributed by atoms with Crippen molar-refractivity contribution in [1.29, 1.82) is 0 Å². The summed E-state index contributed by atoms with van der Waals surface area (Å²) in [6.07, 6.45) is 1.94. The molecule has 9 heavy (non-hydrogen) atoms. The third kappa shape index (κ3) is 2.16. The van der Waals surface area contributed by atoms with E-state index in [2.05, 4.69) is 11.9 Å². The maximum absolute atomic E-state index is 5.26. The van der Waals surface area contributed by atoms with Crippen LogP contribution in [0.2, 0.25) is 0 Å². The fourth-order valence-corrected chi connectivity index (χ4v) is 0.877. The van der Waals surface area contributed by atoms with Crippen molar-refractivity contribution in [3.63, 3.8) is 0 Å². The molecule has 0 aromatic heterocycles. The molecule has 1 saturated heterocycles. The van der Waals surface area contributed by atoms with Crippen LogP contribution in [-0.2, 0) is 4.74 Å². The number of nitrogens with one attached hydrogen (secondary N) is 1. The van der Waals surface area contributed by atoms with Crippen molar-refractivity contribution in [1.82, 2.24) is 5.32 Å². The molecule has 1 atom stereocenters. The largest absolute Gasteiger partial charge is 0.379 e. The topological polar surface area (TPSA) is 21.3 Å². The van der Waals surface area contributed by atoms with Crippen LogP contribution in [-0.4, -0.2) is 26.3 Å². The lowest BCUT2D eigenvalue weighted by molar-refractivity contribution is 0.135. The smallest absolute Gasteiger partial charge is 0.0591 e. The van der Waals surface area contributed by atoms with Gasteiger partial charge in [0, 0.05) is 19.0 Å². The first kappa shape index (κ1) is 6.78. The van der Waals surface area contributed by atoms with Gasteiger partial charge >= 0.3 is 0 Å². The Morgan fingerprint density at radius 3 is 3.33 bits per heavy atom. The van der Waals surface area contributed by atoms with Crippen molar-refractivity contribution >= 4 is 0 Å². The van der Waals surface area contributed by atoms with Gasteiger partial charge in [-0.1, -0.05) is 6.08 Å². The van der Waals surface area contributed by atoms with Crippen LogP contribution in [0.4, 0.5) is 0 Å². The molecule has 0 spiro atoms. The van der Waals surface area contributed by atoms with Gasteiger partial charge in [0.15, 0.2) is 0 Å². The Morgan fingerprint density at radius 1 is 1.67 bits per heavy atom. The van der Waals surface area contributed by atoms with Gasteiger partial charge in [-0.15, -0.1) is 6.58 Å². The summed E-state index contributed by atoms with van der Waals surface area (Å²) in [7, 11) is 0. The number of ether oxygens (including phenoxy) is 1. The van der Waals surface area contributed by atoms with Gasteiger partial charge in [-0.05, 0) is 0 Å². The number of hydrogen-bond donors (Lipinski definition) is 1. The third-order valence-corrected chi connectivity index (χ3v) is 1.49. The van der Waals surface area contributed by atoms with E-state index in [4.69, 9.17) is 4.74 Å². The van der Waals surface area contributed by atoms with Crippen molar-refractivity contribution in [2.24, 2.45) is 5.92 Å². The van der Waals surface area contributed by atoms with Crippen LogP contribution in [0.15, 0.2) is 12.7 Å². The first-order chi connectivity index (χ1) is 4.43. The van der Waals surface area contributed by atoms with E-state index in [1.165, 1.54) is 0 Å². The first-order valence-electron chi connectivity index (χ1n) is 3.34. The Labute approximate surface area is 55.9 Å². The summed E-state index contributed by atoms with van der Waals surface area (Å²) in [6, 6.07) is 0. The lowest BCUT2D eigenvalue weighted by atomic mass is 10.2. The van der Waals surface area contributed by atoms with Gasteiger partial charge < -0.3 is 10.1 Å². The van der Waals surface area contributed by atoms with Crippen LogP contribution in [0.5, 0.6) is 0 Å². The number of hydrogen-bond acceptors (Lipinski definition) is 2. The zero-order chi connectivity index (χ0) is 6.53. The third-order valence-electron chi connectivity index (χ3n) is 1.49. The molecule has 1 unspecified atom stereocenters. The van der Waals surface area contributed by atoms with E-state index in [1.54, 1.807) is 0 Å². The van der Waals surface area contributed by atoms with Crippen molar-refractivity contribution < 1.29 is 4.74 Å². The molecule has 0 bridgehead atoms. The fourth-order valence-electron chi connectivity index (χ4n) is 0.877. The van der Waals surface area contributed by atoms with Gasteiger partial charge in [-0.25, -0.2) is 0 Å². The van der Waals surface area contributed by atoms with E-state index in [9.17, 15) is 0 Å². The molecule has 52 valence electrons. The monoisotopic (exact) mass is 127 g/mol. The molecule has 0 aromatic rings. The summed E-state index contributed by atoms with van der Waals surface area (Å²) in [4.78, 5) is 0. The fraction of sp³-hybridized carbons (Fsp3) is 0.714. The zero-order valence-corrected chi connectivity index (χ0v) is 5.60. The average Bonchev–Trinajstić information content (AvgIpc) is 2.13. The van der Waals surface area contributed by atoms with Crippen molar-refractivity contribution in [2.75, 3.05) is 26.3 Å². The molecule has 0 aliphatic carbocycles. The molecule has 1 N–H and O–H groups in total. The summed E-state index contributed by atoms with van der Waals surface area (Å²) in [6.45, 7) is 7.37. The van der Waals surface area contributed by atoms with Crippen LogP contribution in [0, 0.1) is 5.92 Å². The van der Waals surface area contributed by atoms with Crippen LogP contribution in [0.1, 0.15) is 0 Å². The molecule has 1 fully saturated rings. The predicted molar refractivity (Wildman–Crippen MR) is 37.4 cm³/mol. The highest BCUT2D eigenvalue weighted by Crippen LogP contribution is 1.98. The highest BCUT2D eigenvalue weighted by atomic mass is 16.5. The standard InChI is InChI=1S/C7H13NO/c1-2-7-5-8-3-4-9-6-7/h2,7-8H,1,3-6H2. The Morgan fingerprint density at radius 2 is 2.56 bits per heavy atom. The van der Waals surface area contributed by atoms with Gasteiger partial charge in [0.05, 0.1) is 13.2 Å². The lowest BCUT2D eigenvalue weighted by Crippen LogP contribution is -2.21. The van der Waals surface area contributed by atoms with E-state index in [0.717, 1.165) is 26.3 Å². The summed E-state index contributed by atoms with van der Waals surface area (Å²) in [5.74, 6) is 0.507. The molecule has 1 heterocycles. The van der Waals surface area contributed by atoms with E-state index >= 15 is 0 Å². The van der Waals surface area contributed by atoms with Crippen molar-refractivity contribution in [3.05, 3.63) is 12.7 Å². The molecule has 2 nitrogen and oxygen atoms in total. The van der Waals surface area contributed by atoms with Crippen LogP contribution in [0.25, 0.3) is 0 Å². The summed E-state index contributed by atoms with van der Waals surface area (Å²) < 4.78 is 5.26. The Kier molecular flexibility index (Phi) is 2.74. The first-order valence-corrected chi connectivity index (χ1v) is 3.34. The van der Waals surface area contributed by atoms with Gasteiger partial charge in [0.25, 0.3) is 0 Å². The van der Waals surface area contributed by atoms with E-state index in [-0.39, 0.29) is 0 Å². The Balaban J connectivity index is 2.26. The minimum Gasteiger partial charge on any atom is -0.379 e. The van der Waals surface area contributed by atoms with Gasteiger partial charge in [-0.2, -0.15) is 0 Å². The van der Waals surface area contributed by atoms with E-state index < -0.39 is 0 Å². The summed E-state index contributed by atoms with van der Waals surface area (Å²) >= 11 is 0. The second-order valence-corrected chi connectivity index (χ2v) is 2.27. The summed E-state index contributed by atoms with van der Waals surface area (Å²) in [5.41, 5.74) is 0. The Bertz CT molecular complexity index is 84.9. The van der Waals surface area contributed by atoms with Gasteiger partial charge in [0.1, 0.15) is 0 Å². The molecule has 1 aliphatic heterocycles. The predicted octanol–water partition coefficient (Wildman–Crippen LogP) is 0.408. The molecule has 0 saturated carbocycles. The van der Waals surface area contributed by atoms with E-state index in [1.807, 2.05) is 6.08 Å². The normalized spacial score (nSPS) is 29.1. The highest BCUT2D eigenvalue weighted by Gasteiger charge is 2.06. The van der Waals surface area contributed by atoms with Gasteiger partial charge in [-0.3, -0.25) is 0 Å². The quantitative estimate of drug-likeness (QED) is 0.515. The minimum absolute atomic E-state index is 0.507. The average molecular weight is 127 g/mol. The second-order valence-electron chi connectivity index (χ2n) is 2.27. The molecular formula is C7H13NO. The molecule has 0 radical (unpaired) electrons. The van der Waals surface area contributed by atoms with Gasteiger partial charge in [0.2, 0.25) is 0 Å². The molecule has 1 aliphatic rings. The van der Waals surface area contributed by atoms with Crippen molar-refractivity contribution in [2.45, 2.75) is 0 Å². The van der Waals surface area contributed by atoms with Crippen LogP contribution in [0.3, 0.4) is 0 Å². The summed E-state index contributed by atoms with van der Waals surface area (Å²) in [5, 5.41) is 3.25. The number of rotatable bonds is 1. The second kappa shape index (κ2) is 3.64. The molecule has 1 rings (SSSR count). The van der Waals surface area contributed by atoms with Crippen LogP contribution >= 0.6 is 0 Å². The lowest BCUT2D eigenvalue weighted by Gasteiger charge is -2.05. The maximum Gasteiger partial charge on any atom is 0.0591 e. The molecular weight excluding hydrogens is 114 g/mol. The van der Waals surface area contributed by atoms with Crippen molar-refractivity contribution in [3.8, 4) is 0 Å². The SMILES string of the molecule is C=CC1CNCCOC1. The maximum atomic E-state index is 5.26. The Hall–Kier alpha value is -0.340. The molecule has 0 amide bonds. The zero-order valence-electron chi connectivity index (χ0n) is 5.60. The minimum atomic E-state index is 0.507.